The van der Waals surface area contributed by atoms with E-state index in [0.717, 1.165) is 11.3 Å². The number of rotatable bonds is 2. The number of anilines is 1. The van der Waals surface area contributed by atoms with Gasteiger partial charge in [0.2, 0.25) is 0 Å². The molecular formula is C15H15ClN4O. The predicted molar refractivity (Wildman–Crippen MR) is 83.3 cm³/mol. The van der Waals surface area contributed by atoms with Crippen LogP contribution in [0, 0.1) is 5.41 Å². The summed E-state index contributed by atoms with van der Waals surface area (Å²) in [6.45, 7) is 1.88. The van der Waals surface area contributed by atoms with Crippen molar-refractivity contribution in [2.24, 2.45) is 5.73 Å². The lowest BCUT2D eigenvalue weighted by Gasteiger charge is -2.22. The molecule has 1 aliphatic rings. The SMILES string of the molecule is N=C(N)c1ccnc(N2CCOc3ccccc3C2)c1Cl. The van der Waals surface area contributed by atoms with Crippen LogP contribution in [-0.4, -0.2) is 24.0 Å². The summed E-state index contributed by atoms with van der Waals surface area (Å²) in [5.41, 5.74) is 7.13. The number of nitrogens with one attached hydrogen (secondary N) is 1. The first-order valence-corrected chi connectivity index (χ1v) is 6.99. The van der Waals surface area contributed by atoms with Crippen LogP contribution in [0.2, 0.25) is 5.02 Å². The summed E-state index contributed by atoms with van der Waals surface area (Å²) in [4.78, 5) is 6.39. The minimum Gasteiger partial charge on any atom is -0.491 e. The van der Waals surface area contributed by atoms with E-state index in [1.165, 1.54) is 0 Å². The van der Waals surface area contributed by atoms with Crippen molar-refractivity contribution in [3.8, 4) is 5.75 Å². The van der Waals surface area contributed by atoms with Crippen molar-refractivity contribution in [1.82, 2.24) is 4.98 Å². The van der Waals surface area contributed by atoms with Gasteiger partial charge in [-0.3, -0.25) is 5.41 Å². The number of hydrogen-bond donors (Lipinski definition) is 2. The van der Waals surface area contributed by atoms with Crippen molar-refractivity contribution >= 4 is 23.3 Å². The van der Waals surface area contributed by atoms with Crippen LogP contribution in [0.5, 0.6) is 5.75 Å². The third-order valence-corrected chi connectivity index (χ3v) is 3.79. The van der Waals surface area contributed by atoms with Crippen LogP contribution in [0.15, 0.2) is 36.5 Å². The van der Waals surface area contributed by atoms with E-state index >= 15 is 0 Å². The maximum atomic E-state index is 7.57. The Balaban J connectivity index is 1.98. The van der Waals surface area contributed by atoms with Crippen molar-refractivity contribution < 1.29 is 4.74 Å². The highest BCUT2D eigenvalue weighted by atomic mass is 35.5. The first-order valence-electron chi connectivity index (χ1n) is 6.61. The van der Waals surface area contributed by atoms with Crippen molar-refractivity contribution in [2.45, 2.75) is 6.54 Å². The van der Waals surface area contributed by atoms with Gasteiger partial charge in [0.1, 0.15) is 24.0 Å². The number of benzene rings is 1. The van der Waals surface area contributed by atoms with E-state index in [2.05, 4.69) is 4.98 Å². The number of nitrogens with two attached hydrogens (primary N) is 1. The average Bonchev–Trinajstić information content (AvgIpc) is 2.69. The van der Waals surface area contributed by atoms with Gasteiger partial charge in [-0.05, 0) is 12.1 Å². The van der Waals surface area contributed by atoms with Gasteiger partial charge in [-0.15, -0.1) is 0 Å². The molecule has 2 aromatic rings. The Bertz CT molecular complexity index is 689. The molecule has 0 atom stereocenters. The minimum atomic E-state index is -0.0601. The van der Waals surface area contributed by atoms with Crippen LogP contribution in [-0.2, 0) is 6.54 Å². The molecule has 3 N–H and O–H groups in total. The molecule has 2 heterocycles. The van der Waals surface area contributed by atoms with Crippen LogP contribution in [0.1, 0.15) is 11.1 Å². The number of nitrogen functional groups attached to an aromatic ring is 1. The highest BCUT2D eigenvalue weighted by Gasteiger charge is 2.20. The second kappa shape index (κ2) is 5.61. The maximum Gasteiger partial charge on any atom is 0.148 e. The molecule has 6 heteroatoms. The fourth-order valence-electron chi connectivity index (χ4n) is 2.37. The Morgan fingerprint density at radius 1 is 1.33 bits per heavy atom. The number of ether oxygens (including phenoxy) is 1. The number of hydrogen-bond acceptors (Lipinski definition) is 4. The first-order chi connectivity index (χ1) is 10.2. The molecule has 0 saturated carbocycles. The molecule has 1 aromatic carbocycles. The molecule has 0 spiro atoms. The lowest BCUT2D eigenvalue weighted by molar-refractivity contribution is 0.331. The van der Waals surface area contributed by atoms with E-state index in [-0.39, 0.29) is 5.84 Å². The van der Waals surface area contributed by atoms with Crippen LogP contribution < -0.4 is 15.4 Å². The van der Waals surface area contributed by atoms with Gasteiger partial charge in [0.05, 0.1) is 11.6 Å². The van der Waals surface area contributed by atoms with Gasteiger partial charge in [0.15, 0.2) is 0 Å². The highest BCUT2D eigenvalue weighted by molar-refractivity contribution is 6.36. The summed E-state index contributed by atoms with van der Waals surface area (Å²) in [5, 5.41) is 7.98. The molecule has 1 aliphatic heterocycles. The Hall–Kier alpha value is -2.27. The summed E-state index contributed by atoms with van der Waals surface area (Å²) < 4.78 is 5.74. The number of nitrogens with zero attached hydrogens (tertiary/aromatic N) is 2. The Labute approximate surface area is 127 Å². The zero-order chi connectivity index (χ0) is 14.8. The molecule has 0 fully saturated rings. The molecule has 0 aliphatic carbocycles. The number of fused-ring (bicyclic) bond motifs is 1. The third-order valence-electron chi connectivity index (χ3n) is 3.41. The molecule has 0 amide bonds. The largest absolute Gasteiger partial charge is 0.491 e. The average molecular weight is 303 g/mol. The molecule has 108 valence electrons. The number of amidine groups is 1. The second-order valence-electron chi connectivity index (χ2n) is 4.79. The number of pyridine rings is 1. The molecule has 0 unspecified atom stereocenters. The quantitative estimate of drug-likeness (QED) is 0.660. The molecule has 0 saturated heterocycles. The Morgan fingerprint density at radius 2 is 2.14 bits per heavy atom. The monoisotopic (exact) mass is 302 g/mol. The topological polar surface area (TPSA) is 75.2 Å². The van der Waals surface area contributed by atoms with Gasteiger partial charge in [0.25, 0.3) is 0 Å². The zero-order valence-corrected chi connectivity index (χ0v) is 12.1. The highest BCUT2D eigenvalue weighted by Crippen LogP contribution is 2.30. The first kappa shape index (κ1) is 13.7. The number of para-hydroxylation sites is 1. The maximum absolute atomic E-state index is 7.57. The minimum absolute atomic E-state index is 0.0601. The summed E-state index contributed by atoms with van der Waals surface area (Å²) >= 11 is 6.35. The van der Waals surface area contributed by atoms with Crippen LogP contribution in [0.3, 0.4) is 0 Å². The van der Waals surface area contributed by atoms with Crippen molar-refractivity contribution in [3.05, 3.63) is 52.7 Å². The van der Waals surface area contributed by atoms with E-state index in [9.17, 15) is 0 Å². The lowest BCUT2D eigenvalue weighted by atomic mass is 10.2. The van der Waals surface area contributed by atoms with Gasteiger partial charge in [-0.2, -0.15) is 0 Å². The summed E-state index contributed by atoms with van der Waals surface area (Å²) in [6.07, 6.45) is 1.62. The molecule has 0 bridgehead atoms. The number of aromatic nitrogens is 1. The zero-order valence-electron chi connectivity index (χ0n) is 11.3. The second-order valence-corrected chi connectivity index (χ2v) is 5.17. The molecule has 21 heavy (non-hydrogen) atoms. The van der Waals surface area contributed by atoms with E-state index < -0.39 is 0 Å². The third kappa shape index (κ3) is 2.64. The standard InChI is InChI=1S/C15H15ClN4O/c16-13-11(14(17)18)5-6-19-15(13)20-7-8-21-12-4-2-1-3-10(12)9-20/h1-6H,7-9H2,(H3,17,18). The molecular weight excluding hydrogens is 288 g/mol. The Kier molecular flexibility index (Phi) is 3.66. The summed E-state index contributed by atoms with van der Waals surface area (Å²) in [7, 11) is 0. The van der Waals surface area contributed by atoms with Gasteiger partial charge in [-0.1, -0.05) is 29.8 Å². The van der Waals surface area contributed by atoms with E-state index in [1.807, 2.05) is 29.2 Å². The van der Waals surface area contributed by atoms with E-state index in [4.69, 9.17) is 27.5 Å². The van der Waals surface area contributed by atoms with Crippen molar-refractivity contribution in [1.29, 1.82) is 5.41 Å². The van der Waals surface area contributed by atoms with Crippen LogP contribution >= 0.6 is 11.6 Å². The fourth-order valence-corrected chi connectivity index (χ4v) is 2.70. The molecule has 5 nitrogen and oxygen atoms in total. The van der Waals surface area contributed by atoms with Gasteiger partial charge < -0.3 is 15.4 Å². The Morgan fingerprint density at radius 3 is 2.95 bits per heavy atom. The van der Waals surface area contributed by atoms with E-state index in [0.29, 0.717) is 36.1 Å². The normalized spacial score (nSPS) is 14.0. The predicted octanol–water partition coefficient (Wildman–Crippen LogP) is 2.42. The van der Waals surface area contributed by atoms with Crippen LogP contribution in [0.25, 0.3) is 0 Å². The number of halogens is 1. The fraction of sp³-hybridized carbons (Fsp3) is 0.200. The van der Waals surface area contributed by atoms with E-state index in [1.54, 1.807) is 12.3 Å². The van der Waals surface area contributed by atoms with Gasteiger partial charge in [-0.25, -0.2) is 4.98 Å². The van der Waals surface area contributed by atoms with Gasteiger partial charge >= 0.3 is 0 Å². The van der Waals surface area contributed by atoms with Crippen LogP contribution in [0.4, 0.5) is 5.82 Å². The summed E-state index contributed by atoms with van der Waals surface area (Å²) in [5.74, 6) is 1.46. The van der Waals surface area contributed by atoms with Crippen molar-refractivity contribution in [2.75, 3.05) is 18.1 Å². The molecule has 1 aromatic heterocycles. The summed E-state index contributed by atoms with van der Waals surface area (Å²) in [6, 6.07) is 9.56. The molecule has 0 radical (unpaired) electrons. The van der Waals surface area contributed by atoms with Crippen molar-refractivity contribution in [3.63, 3.8) is 0 Å². The molecule has 3 rings (SSSR count). The smallest absolute Gasteiger partial charge is 0.148 e. The lowest BCUT2D eigenvalue weighted by Crippen LogP contribution is -2.27. The van der Waals surface area contributed by atoms with Gasteiger partial charge in [0, 0.05) is 23.9 Å².